The van der Waals surface area contributed by atoms with Gasteiger partial charge in [0.25, 0.3) is 5.91 Å². The molecule has 1 N–H and O–H groups in total. The molecule has 2 heterocycles. The van der Waals surface area contributed by atoms with E-state index in [0.29, 0.717) is 0 Å². The molecule has 18 heavy (non-hydrogen) atoms. The summed E-state index contributed by atoms with van der Waals surface area (Å²) in [6, 6.07) is 5.96. The number of aryl methyl sites for hydroxylation is 2. The normalized spacial score (nSPS) is 15.6. The van der Waals surface area contributed by atoms with E-state index < -0.39 is 0 Å². The number of H-pyrrole nitrogens is 1. The number of hydrogen-bond donors (Lipinski definition) is 1. The number of aromatic amines is 1. The first-order valence-corrected chi connectivity index (χ1v) is 6.55. The molecule has 0 atom stereocenters. The lowest BCUT2D eigenvalue weighted by atomic mass is 10.1. The number of benzene rings is 1. The number of carbonyl (C=O) groups is 1. The number of likely N-dealkylation sites (tertiary alicyclic amines) is 1. The van der Waals surface area contributed by atoms with Crippen LogP contribution in [0.4, 0.5) is 0 Å². The Morgan fingerprint density at radius 1 is 1.22 bits per heavy atom. The van der Waals surface area contributed by atoms with Gasteiger partial charge in [0.1, 0.15) is 0 Å². The Hall–Kier alpha value is -1.77. The van der Waals surface area contributed by atoms with E-state index in [2.05, 4.69) is 18.8 Å². The third kappa shape index (κ3) is 1.70. The minimum absolute atomic E-state index is 0.174. The number of carbonyl (C=O) groups excluding carboxylic acids is 1. The maximum atomic E-state index is 12.3. The van der Waals surface area contributed by atoms with Crippen LogP contribution >= 0.6 is 0 Å². The van der Waals surface area contributed by atoms with Crippen molar-refractivity contribution >= 4 is 16.8 Å². The maximum Gasteiger partial charge on any atom is 0.253 e. The molecule has 0 saturated carbocycles. The SMILES string of the molecule is Cc1[nH]c2ccc(C(=O)N3CCCC3)cc2c1C. The molecule has 3 nitrogen and oxygen atoms in total. The molecule has 1 aromatic carbocycles. The Bertz CT molecular complexity index is 606. The lowest BCUT2D eigenvalue weighted by molar-refractivity contribution is 0.0793. The van der Waals surface area contributed by atoms with Gasteiger partial charge in [-0.05, 0) is 50.5 Å². The van der Waals surface area contributed by atoms with Crippen molar-refractivity contribution in [1.82, 2.24) is 9.88 Å². The Morgan fingerprint density at radius 2 is 1.94 bits per heavy atom. The second-order valence-electron chi connectivity index (χ2n) is 5.13. The molecular formula is C15H18N2O. The van der Waals surface area contributed by atoms with Gasteiger partial charge in [-0.1, -0.05) is 0 Å². The van der Waals surface area contributed by atoms with Gasteiger partial charge in [0.15, 0.2) is 0 Å². The summed E-state index contributed by atoms with van der Waals surface area (Å²) >= 11 is 0. The summed E-state index contributed by atoms with van der Waals surface area (Å²) in [4.78, 5) is 17.6. The maximum absolute atomic E-state index is 12.3. The van der Waals surface area contributed by atoms with Crippen LogP contribution in [0.5, 0.6) is 0 Å². The zero-order valence-electron chi connectivity index (χ0n) is 10.9. The second kappa shape index (κ2) is 4.16. The Labute approximate surface area is 107 Å². The first-order chi connectivity index (χ1) is 8.66. The van der Waals surface area contributed by atoms with Crippen molar-refractivity contribution < 1.29 is 4.79 Å². The molecular weight excluding hydrogens is 224 g/mol. The van der Waals surface area contributed by atoms with Crippen LogP contribution in [-0.2, 0) is 0 Å². The molecule has 2 aromatic rings. The summed E-state index contributed by atoms with van der Waals surface area (Å²) in [5.41, 5.74) is 4.34. The van der Waals surface area contributed by atoms with E-state index in [1.54, 1.807) is 0 Å². The fourth-order valence-corrected chi connectivity index (χ4v) is 2.70. The molecule has 1 fully saturated rings. The molecule has 0 spiro atoms. The van der Waals surface area contributed by atoms with Crippen molar-refractivity contribution in [3.8, 4) is 0 Å². The predicted octanol–water partition coefficient (Wildman–Crippen LogP) is 3.02. The average molecular weight is 242 g/mol. The van der Waals surface area contributed by atoms with Crippen LogP contribution in [0.25, 0.3) is 10.9 Å². The van der Waals surface area contributed by atoms with Gasteiger partial charge in [-0.3, -0.25) is 4.79 Å². The van der Waals surface area contributed by atoms with Crippen molar-refractivity contribution in [2.75, 3.05) is 13.1 Å². The highest BCUT2D eigenvalue weighted by Crippen LogP contribution is 2.23. The lowest BCUT2D eigenvalue weighted by Gasteiger charge is -2.15. The van der Waals surface area contributed by atoms with Crippen LogP contribution in [0.15, 0.2) is 18.2 Å². The van der Waals surface area contributed by atoms with E-state index in [0.717, 1.165) is 42.4 Å². The van der Waals surface area contributed by atoms with Crippen LogP contribution in [0.2, 0.25) is 0 Å². The van der Waals surface area contributed by atoms with E-state index in [1.807, 2.05) is 23.1 Å². The first kappa shape index (κ1) is 11.3. The molecule has 94 valence electrons. The summed E-state index contributed by atoms with van der Waals surface area (Å²) < 4.78 is 0. The van der Waals surface area contributed by atoms with Crippen molar-refractivity contribution in [1.29, 1.82) is 0 Å². The molecule has 1 saturated heterocycles. The average Bonchev–Trinajstić information content (AvgIpc) is 2.99. The lowest BCUT2D eigenvalue weighted by Crippen LogP contribution is -2.27. The Morgan fingerprint density at radius 3 is 2.67 bits per heavy atom. The van der Waals surface area contributed by atoms with Gasteiger partial charge in [-0.25, -0.2) is 0 Å². The summed E-state index contributed by atoms with van der Waals surface area (Å²) in [6.07, 6.45) is 2.27. The first-order valence-electron chi connectivity index (χ1n) is 6.55. The highest BCUT2D eigenvalue weighted by atomic mass is 16.2. The van der Waals surface area contributed by atoms with Crippen LogP contribution in [0, 0.1) is 13.8 Å². The van der Waals surface area contributed by atoms with E-state index in [4.69, 9.17) is 0 Å². The molecule has 3 heteroatoms. The third-order valence-corrected chi connectivity index (χ3v) is 3.95. The summed E-state index contributed by atoms with van der Waals surface area (Å²) in [5.74, 6) is 0.174. The highest BCUT2D eigenvalue weighted by Gasteiger charge is 2.20. The minimum atomic E-state index is 0.174. The standard InChI is InChI=1S/C15H18N2O/c1-10-11(2)16-14-6-5-12(9-13(10)14)15(18)17-7-3-4-8-17/h5-6,9,16H,3-4,7-8H2,1-2H3. The summed E-state index contributed by atoms with van der Waals surface area (Å²) in [6.45, 7) is 5.97. The smallest absolute Gasteiger partial charge is 0.253 e. The van der Waals surface area contributed by atoms with Gasteiger partial charge >= 0.3 is 0 Å². The van der Waals surface area contributed by atoms with Crippen molar-refractivity contribution in [3.63, 3.8) is 0 Å². The van der Waals surface area contributed by atoms with Gasteiger partial charge in [0.05, 0.1) is 0 Å². The van der Waals surface area contributed by atoms with E-state index in [-0.39, 0.29) is 5.91 Å². The van der Waals surface area contributed by atoms with Crippen LogP contribution in [0.3, 0.4) is 0 Å². The molecule has 0 aliphatic carbocycles. The molecule has 0 radical (unpaired) electrons. The third-order valence-electron chi connectivity index (χ3n) is 3.95. The number of fused-ring (bicyclic) bond motifs is 1. The van der Waals surface area contributed by atoms with Gasteiger partial charge < -0.3 is 9.88 Å². The molecule has 0 unspecified atom stereocenters. The zero-order chi connectivity index (χ0) is 12.7. The van der Waals surface area contributed by atoms with Gasteiger partial charge in [0, 0.05) is 35.2 Å². The number of nitrogens with one attached hydrogen (secondary N) is 1. The molecule has 0 bridgehead atoms. The minimum Gasteiger partial charge on any atom is -0.358 e. The number of rotatable bonds is 1. The molecule has 1 amide bonds. The molecule has 1 aliphatic rings. The van der Waals surface area contributed by atoms with Gasteiger partial charge in [-0.15, -0.1) is 0 Å². The van der Waals surface area contributed by atoms with E-state index in [9.17, 15) is 4.79 Å². The molecule has 1 aromatic heterocycles. The fraction of sp³-hybridized carbons (Fsp3) is 0.400. The number of amides is 1. The Kier molecular flexibility index (Phi) is 2.62. The number of nitrogens with zero attached hydrogens (tertiary/aromatic N) is 1. The monoisotopic (exact) mass is 242 g/mol. The molecule has 3 rings (SSSR count). The second-order valence-corrected chi connectivity index (χ2v) is 5.13. The summed E-state index contributed by atoms with van der Waals surface area (Å²) in [5, 5.41) is 1.16. The molecule has 1 aliphatic heterocycles. The van der Waals surface area contributed by atoms with E-state index in [1.165, 1.54) is 11.3 Å². The zero-order valence-corrected chi connectivity index (χ0v) is 10.9. The predicted molar refractivity (Wildman–Crippen MR) is 72.9 cm³/mol. The van der Waals surface area contributed by atoms with Crippen LogP contribution in [0.1, 0.15) is 34.5 Å². The van der Waals surface area contributed by atoms with Gasteiger partial charge in [-0.2, -0.15) is 0 Å². The number of hydrogen-bond acceptors (Lipinski definition) is 1. The Balaban J connectivity index is 2.02. The quantitative estimate of drug-likeness (QED) is 0.819. The van der Waals surface area contributed by atoms with Crippen LogP contribution < -0.4 is 0 Å². The van der Waals surface area contributed by atoms with Gasteiger partial charge in [0.2, 0.25) is 0 Å². The summed E-state index contributed by atoms with van der Waals surface area (Å²) in [7, 11) is 0. The van der Waals surface area contributed by atoms with Crippen LogP contribution in [-0.4, -0.2) is 28.9 Å². The topological polar surface area (TPSA) is 36.1 Å². The van der Waals surface area contributed by atoms with Crippen molar-refractivity contribution in [2.45, 2.75) is 26.7 Å². The fourth-order valence-electron chi connectivity index (χ4n) is 2.70. The highest BCUT2D eigenvalue weighted by molar-refractivity contribution is 5.99. The van der Waals surface area contributed by atoms with Crippen molar-refractivity contribution in [3.05, 3.63) is 35.0 Å². The van der Waals surface area contributed by atoms with E-state index >= 15 is 0 Å². The number of aromatic nitrogens is 1. The van der Waals surface area contributed by atoms with Crippen molar-refractivity contribution in [2.24, 2.45) is 0 Å². The largest absolute Gasteiger partial charge is 0.358 e.